The molecule has 2 unspecified atom stereocenters. The minimum absolute atomic E-state index is 0.133. The molecule has 0 saturated carbocycles. The van der Waals surface area contributed by atoms with Crippen molar-refractivity contribution in [3.8, 4) is 6.07 Å². The minimum Gasteiger partial charge on any atom is -0.316 e. The van der Waals surface area contributed by atoms with E-state index in [0.717, 1.165) is 71.6 Å². The molecule has 2 N–H and O–H groups in total. The third-order valence-corrected chi connectivity index (χ3v) is 6.66. The topological polar surface area (TPSA) is 65.9 Å². The van der Waals surface area contributed by atoms with E-state index in [1.54, 1.807) is 17.1 Å². The monoisotopic (exact) mass is 530 g/mol. The first-order valence-corrected chi connectivity index (χ1v) is 14.1. The standard InChI is InChI=1S/C23H30N4.C9H11F.C2H6/c1-6-18(14-19(7-2)27(25)8-3)20-12-13-23(26-17(20)5)21-11-9-10-16(4)22(21)15-24;1-2-4-8-5-3-6-9(10)7-8;1-2/h6-7,9,11-13,16,18H,1,8,10,14,25H2,2-5H3;3,5-7H,2,4H2,1H3;1-2H3/b19-7-;;. The summed E-state index contributed by atoms with van der Waals surface area (Å²) in [6.07, 6.45) is 11.9. The molecule has 210 valence electrons. The van der Waals surface area contributed by atoms with E-state index in [2.05, 4.69) is 44.7 Å². The Hall–Kier alpha value is -3.49. The van der Waals surface area contributed by atoms with Crippen molar-refractivity contribution in [1.82, 2.24) is 9.99 Å². The molecular formula is C34H47FN4. The second kappa shape index (κ2) is 17.9. The molecule has 2 atom stereocenters. The largest absolute Gasteiger partial charge is 0.316 e. The Labute approximate surface area is 236 Å². The Morgan fingerprint density at radius 2 is 2.00 bits per heavy atom. The maximum absolute atomic E-state index is 12.5. The Morgan fingerprint density at radius 3 is 2.54 bits per heavy atom. The maximum atomic E-state index is 12.5. The van der Waals surface area contributed by atoms with E-state index < -0.39 is 0 Å². The second-order valence-corrected chi connectivity index (χ2v) is 9.34. The van der Waals surface area contributed by atoms with Crippen LogP contribution >= 0.6 is 0 Å². The molecular weight excluding hydrogens is 483 g/mol. The van der Waals surface area contributed by atoms with Gasteiger partial charge in [0.25, 0.3) is 0 Å². The van der Waals surface area contributed by atoms with Gasteiger partial charge in [0.1, 0.15) is 5.82 Å². The van der Waals surface area contributed by atoms with Crippen molar-refractivity contribution in [2.24, 2.45) is 11.8 Å². The van der Waals surface area contributed by atoms with Crippen molar-refractivity contribution >= 4 is 5.57 Å². The first-order valence-electron chi connectivity index (χ1n) is 14.1. The zero-order valence-electron chi connectivity index (χ0n) is 25.0. The number of nitrogens with two attached hydrogens (primary N) is 1. The van der Waals surface area contributed by atoms with Gasteiger partial charge < -0.3 is 5.01 Å². The molecule has 0 aliphatic heterocycles. The van der Waals surface area contributed by atoms with Crippen LogP contribution in [-0.2, 0) is 6.42 Å². The van der Waals surface area contributed by atoms with Gasteiger partial charge in [0, 0.05) is 35.0 Å². The Kier molecular flexibility index (Phi) is 15.4. The van der Waals surface area contributed by atoms with Gasteiger partial charge >= 0.3 is 0 Å². The Balaban J connectivity index is 0.000000528. The lowest BCUT2D eigenvalue weighted by atomic mass is 9.87. The van der Waals surface area contributed by atoms with Crippen LogP contribution in [0.15, 0.2) is 78.6 Å². The molecule has 0 saturated heterocycles. The van der Waals surface area contributed by atoms with E-state index in [9.17, 15) is 9.65 Å². The maximum Gasteiger partial charge on any atom is 0.123 e. The summed E-state index contributed by atoms with van der Waals surface area (Å²) in [5.41, 5.74) is 6.89. The molecule has 4 nitrogen and oxygen atoms in total. The molecule has 1 aromatic carbocycles. The summed E-state index contributed by atoms with van der Waals surface area (Å²) < 4.78 is 12.5. The van der Waals surface area contributed by atoms with Gasteiger partial charge in [-0.15, -0.1) is 6.58 Å². The van der Waals surface area contributed by atoms with Gasteiger partial charge in [0.2, 0.25) is 0 Å². The predicted octanol–water partition coefficient (Wildman–Crippen LogP) is 8.83. The molecule has 1 aliphatic carbocycles. The van der Waals surface area contributed by atoms with E-state index in [1.165, 1.54) is 6.07 Å². The van der Waals surface area contributed by atoms with Crippen LogP contribution in [0.2, 0.25) is 0 Å². The third kappa shape index (κ3) is 9.96. The van der Waals surface area contributed by atoms with E-state index in [0.29, 0.717) is 0 Å². The van der Waals surface area contributed by atoms with Gasteiger partial charge in [-0.1, -0.05) is 76.6 Å². The van der Waals surface area contributed by atoms with Crippen molar-refractivity contribution in [2.45, 2.75) is 80.1 Å². The third-order valence-electron chi connectivity index (χ3n) is 6.66. The smallest absolute Gasteiger partial charge is 0.123 e. The van der Waals surface area contributed by atoms with Crippen molar-refractivity contribution in [3.63, 3.8) is 0 Å². The van der Waals surface area contributed by atoms with Crippen molar-refractivity contribution in [1.29, 1.82) is 5.26 Å². The Morgan fingerprint density at radius 1 is 1.28 bits per heavy atom. The van der Waals surface area contributed by atoms with Gasteiger partial charge in [-0.2, -0.15) is 5.26 Å². The van der Waals surface area contributed by atoms with E-state index in [-0.39, 0.29) is 17.7 Å². The number of nitrogens with zero attached hydrogens (tertiary/aromatic N) is 3. The van der Waals surface area contributed by atoms with Crippen LogP contribution in [0.5, 0.6) is 0 Å². The van der Waals surface area contributed by atoms with Crippen LogP contribution in [-0.4, -0.2) is 16.5 Å². The molecule has 3 rings (SSSR count). The molecule has 1 heterocycles. The summed E-state index contributed by atoms with van der Waals surface area (Å²) in [5, 5.41) is 11.3. The van der Waals surface area contributed by atoms with E-state index in [1.807, 2.05) is 58.9 Å². The summed E-state index contributed by atoms with van der Waals surface area (Å²) in [6, 6.07) is 13.3. The van der Waals surface area contributed by atoms with Crippen LogP contribution in [0.1, 0.15) is 89.2 Å². The molecule has 2 aromatic rings. The lowest BCUT2D eigenvalue weighted by Gasteiger charge is -2.24. The van der Waals surface area contributed by atoms with Crippen molar-refractivity contribution in [2.75, 3.05) is 6.54 Å². The normalized spacial score (nSPS) is 15.3. The minimum atomic E-state index is -0.133. The van der Waals surface area contributed by atoms with Gasteiger partial charge in [-0.25, -0.2) is 10.2 Å². The molecule has 0 radical (unpaired) electrons. The second-order valence-electron chi connectivity index (χ2n) is 9.34. The fourth-order valence-corrected chi connectivity index (χ4v) is 4.50. The summed E-state index contributed by atoms with van der Waals surface area (Å²) in [7, 11) is 0. The van der Waals surface area contributed by atoms with Crippen molar-refractivity contribution in [3.05, 3.63) is 107 Å². The number of hydrogen-bond donors (Lipinski definition) is 1. The first-order chi connectivity index (χ1) is 18.8. The molecule has 5 heteroatoms. The van der Waals surface area contributed by atoms with Crippen molar-refractivity contribution < 1.29 is 4.39 Å². The predicted molar refractivity (Wildman–Crippen MR) is 164 cm³/mol. The lowest BCUT2D eigenvalue weighted by molar-refractivity contribution is 0.360. The number of benzene rings is 1. The van der Waals surface area contributed by atoms with Crippen LogP contribution < -0.4 is 5.84 Å². The average Bonchev–Trinajstić information content (AvgIpc) is 2.95. The highest BCUT2D eigenvalue weighted by Crippen LogP contribution is 2.33. The van der Waals surface area contributed by atoms with Crippen LogP contribution in [0.4, 0.5) is 4.39 Å². The zero-order chi connectivity index (χ0) is 29.4. The van der Waals surface area contributed by atoms with Crippen LogP contribution in [0.25, 0.3) is 5.57 Å². The highest BCUT2D eigenvalue weighted by atomic mass is 19.1. The van der Waals surface area contributed by atoms with Gasteiger partial charge in [0.15, 0.2) is 0 Å². The van der Waals surface area contributed by atoms with Gasteiger partial charge in [-0.3, -0.25) is 4.98 Å². The zero-order valence-corrected chi connectivity index (χ0v) is 25.0. The van der Waals surface area contributed by atoms with Crippen LogP contribution in [0.3, 0.4) is 0 Å². The summed E-state index contributed by atoms with van der Waals surface area (Å²) >= 11 is 0. The van der Waals surface area contributed by atoms with Crippen LogP contribution in [0, 0.1) is 30.0 Å². The number of rotatable bonds is 9. The summed E-state index contributed by atoms with van der Waals surface area (Å²) in [5.74, 6) is 6.32. The molecule has 0 spiro atoms. The molecule has 0 fully saturated rings. The highest BCUT2D eigenvalue weighted by molar-refractivity contribution is 5.78. The number of hydrogen-bond acceptors (Lipinski definition) is 4. The summed E-state index contributed by atoms with van der Waals surface area (Å²) in [4.78, 5) is 4.82. The fraction of sp³-hybridized carbons (Fsp3) is 0.412. The molecule has 1 aliphatic rings. The summed E-state index contributed by atoms with van der Waals surface area (Å²) in [6.45, 7) is 19.0. The Bertz CT molecular complexity index is 1190. The van der Waals surface area contributed by atoms with Gasteiger partial charge in [-0.05, 0) is 75.3 Å². The number of hydrazine groups is 1. The molecule has 0 amide bonds. The number of aromatic nitrogens is 1. The number of allylic oxidation sites excluding steroid dienone is 7. The average molecular weight is 531 g/mol. The first kappa shape index (κ1) is 33.5. The fourth-order valence-electron chi connectivity index (χ4n) is 4.50. The lowest BCUT2D eigenvalue weighted by Crippen LogP contribution is -2.30. The molecule has 1 aromatic heterocycles. The quantitative estimate of drug-likeness (QED) is 0.200. The number of nitriles is 1. The highest BCUT2D eigenvalue weighted by Gasteiger charge is 2.20. The SMILES string of the molecule is C=CC(C/C(=C/C)N(N)CC)c1ccc(C2=C(C#N)C(C)CC=C2)nc1C.CC.CCCc1cccc(F)c1. The number of aryl methyl sites for hydroxylation is 2. The molecule has 0 bridgehead atoms. The van der Waals surface area contributed by atoms with Gasteiger partial charge in [0.05, 0.1) is 11.8 Å². The van der Waals surface area contributed by atoms with E-state index >= 15 is 0 Å². The number of pyridine rings is 1. The molecule has 39 heavy (non-hydrogen) atoms. The van der Waals surface area contributed by atoms with E-state index in [4.69, 9.17) is 10.8 Å². The number of halogens is 1.